The number of halogens is 2. The first-order chi connectivity index (χ1) is 12.4. The van der Waals surface area contributed by atoms with Crippen LogP contribution in [0.15, 0.2) is 73.1 Å². The van der Waals surface area contributed by atoms with Crippen molar-refractivity contribution in [2.45, 2.75) is 12.3 Å². The number of benzene rings is 2. The van der Waals surface area contributed by atoms with E-state index in [2.05, 4.69) is 4.98 Å². The number of anilines is 1. The number of nitrogens with zero attached hydrogens (tertiary/aromatic N) is 2. The molecule has 2 aromatic carbocycles. The Balaban J connectivity index is 1.95. The maximum atomic E-state index is 13.2. The molecule has 0 N–H and O–H groups in total. The summed E-state index contributed by atoms with van der Waals surface area (Å²) >= 11 is 0. The summed E-state index contributed by atoms with van der Waals surface area (Å²) in [6, 6.07) is 14.0. The van der Waals surface area contributed by atoms with Gasteiger partial charge in [-0.2, -0.15) is 0 Å². The van der Waals surface area contributed by atoms with E-state index in [4.69, 9.17) is 0 Å². The summed E-state index contributed by atoms with van der Waals surface area (Å²) < 4.78 is 53.5. The first kappa shape index (κ1) is 18.0. The fraction of sp³-hybridized carbons (Fsp3) is 0.105. The van der Waals surface area contributed by atoms with Gasteiger partial charge in [-0.3, -0.25) is 9.29 Å². The van der Waals surface area contributed by atoms with Crippen LogP contribution in [0, 0.1) is 11.6 Å². The van der Waals surface area contributed by atoms with Gasteiger partial charge >= 0.3 is 0 Å². The zero-order valence-corrected chi connectivity index (χ0v) is 14.5. The molecule has 3 rings (SSSR count). The van der Waals surface area contributed by atoms with Crippen LogP contribution in [0.3, 0.4) is 0 Å². The summed E-state index contributed by atoms with van der Waals surface area (Å²) in [4.78, 5) is 4.00. The number of pyridine rings is 1. The molecule has 0 fully saturated rings. The predicted molar refractivity (Wildman–Crippen MR) is 95.8 cm³/mol. The minimum absolute atomic E-state index is 0.0585. The fourth-order valence-corrected chi connectivity index (χ4v) is 4.04. The lowest BCUT2D eigenvalue weighted by atomic mass is 10.2. The predicted octanol–water partition coefficient (Wildman–Crippen LogP) is 3.90. The zero-order valence-electron chi connectivity index (χ0n) is 13.7. The van der Waals surface area contributed by atoms with E-state index in [0.717, 1.165) is 0 Å². The lowest BCUT2D eigenvalue weighted by Crippen LogP contribution is -2.31. The minimum Gasteiger partial charge on any atom is -0.265 e. The third-order valence-electron chi connectivity index (χ3n) is 3.76. The Kier molecular flexibility index (Phi) is 5.27. The molecule has 0 spiro atoms. The molecule has 0 saturated carbocycles. The summed E-state index contributed by atoms with van der Waals surface area (Å²) in [5, 5.41) is 0. The van der Waals surface area contributed by atoms with Crippen LogP contribution in [0.25, 0.3) is 0 Å². The zero-order chi connectivity index (χ0) is 18.6. The first-order valence-corrected chi connectivity index (χ1v) is 9.44. The molecule has 0 bridgehead atoms. The Morgan fingerprint density at radius 3 is 2.04 bits per heavy atom. The van der Waals surface area contributed by atoms with Crippen molar-refractivity contribution in [3.63, 3.8) is 0 Å². The van der Waals surface area contributed by atoms with E-state index in [-0.39, 0.29) is 12.3 Å². The number of aromatic nitrogens is 1. The summed E-state index contributed by atoms with van der Waals surface area (Å²) in [6.45, 7) is 0.0585. The molecule has 0 unspecified atom stereocenters. The van der Waals surface area contributed by atoms with E-state index in [9.17, 15) is 17.2 Å². The highest BCUT2D eigenvalue weighted by Gasteiger charge is 2.23. The van der Waals surface area contributed by atoms with Crippen LogP contribution >= 0.6 is 0 Å². The Morgan fingerprint density at radius 1 is 0.846 bits per heavy atom. The molecule has 0 aliphatic rings. The van der Waals surface area contributed by atoms with E-state index in [1.807, 2.05) is 0 Å². The molecular formula is C19H16F2N2O2S. The second-order valence-electron chi connectivity index (χ2n) is 5.73. The molecule has 4 nitrogen and oxygen atoms in total. The van der Waals surface area contributed by atoms with Gasteiger partial charge in [0.1, 0.15) is 11.6 Å². The van der Waals surface area contributed by atoms with Crippen LogP contribution in [-0.2, 0) is 22.3 Å². The van der Waals surface area contributed by atoms with Crippen molar-refractivity contribution in [2.24, 2.45) is 0 Å². The normalized spacial score (nSPS) is 11.3. The second kappa shape index (κ2) is 7.61. The van der Waals surface area contributed by atoms with Crippen LogP contribution in [-0.4, -0.2) is 13.4 Å². The Hall–Kier alpha value is -2.80. The highest BCUT2D eigenvalue weighted by Crippen LogP contribution is 2.24. The molecule has 3 aromatic rings. The van der Waals surface area contributed by atoms with Crippen LogP contribution in [0.2, 0.25) is 0 Å². The minimum atomic E-state index is -3.79. The average molecular weight is 374 g/mol. The van der Waals surface area contributed by atoms with Crippen molar-refractivity contribution >= 4 is 15.7 Å². The van der Waals surface area contributed by atoms with Crippen LogP contribution in [0.1, 0.15) is 11.1 Å². The molecular weight excluding hydrogens is 358 g/mol. The highest BCUT2D eigenvalue weighted by atomic mass is 32.2. The van der Waals surface area contributed by atoms with Crippen molar-refractivity contribution in [3.05, 3.63) is 95.8 Å². The van der Waals surface area contributed by atoms with Crippen molar-refractivity contribution < 1.29 is 17.2 Å². The fourth-order valence-electron chi connectivity index (χ4n) is 2.48. The molecule has 0 aliphatic heterocycles. The van der Waals surface area contributed by atoms with Gasteiger partial charge in [0.15, 0.2) is 0 Å². The monoisotopic (exact) mass is 374 g/mol. The van der Waals surface area contributed by atoms with E-state index < -0.39 is 21.7 Å². The van der Waals surface area contributed by atoms with Crippen LogP contribution < -0.4 is 4.31 Å². The molecule has 0 amide bonds. The van der Waals surface area contributed by atoms with Gasteiger partial charge in [-0.25, -0.2) is 17.2 Å². The lowest BCUT2D eigenvalue weighted by Gasteiger charge is -2.24. The Bertz CT molecular complexity index is 961. The number of rotatable bonds is 6. The third kappa shape index (κ3) is 4.43. The SMILES string of the molecule is O=S(=O)(Cc1ccc(F)cc1)N(Cc1cccnc1)c1ccc(F)cc1. The van der Waals surface area contributed by atoms with Gasteiger partial charge in [-0.05, 0) is 53.6 Å². The van der Waals surface area contributed by atoms with Crippen molar-refractivity contribution in [1.82, 2.24) is 4.98 Å². The van der Waals surface area contributed by atoms with Gasteiger partial charge in [-0.1, -0.05) is 18.2 Å². The molecule has 134 valence electrons. The molecule has 1 heterocycles. The van der Waals surface area contributed by atoms with Crippen molar-refractivity contribution in [3.8, 4) is 0 Å². The summed E-state index contributed by atoms with van der Waals surface area (Å²) in [5.41, 5.74) is 1.50. The van der Waals surface area contributed by atoms with Crippen LogP contribution in [0.4, 0.5) is 14.5 Å². The van der Waals surface area contributed by atoms with Crippen molar-refractivity contribution in [1.29, 1.82) is 0 Å². The molecule has 0 saturated heterocycles. The number of hydrogen-bond donors (Lipinski definition) is 0. The van der Waals surface area contributed by atoms with E-state index in [0.29, 0.717) is 16.8 Å². The van der Waals surface area contributed by atoms with Crippen molar-refractivity contribution in [2.75, 3.05) is 4.31 Å². The smallest absolute Gasteiger partial charge is 0.239 e. The summed E-state index contributed by atoms with van der Waals surface area (Å²) in [7, 11) is -3.79. The lowest BCUT2D eigenvalue weighted by molar-refractivity contribution is 0.588. The highest BCUT2D eigenvalue weighted by molar-refractivity contribution is 7.92. The first-order valence-electron chi connectivity index (χ1n) is 7.83. The van der Waals surface area contributed by atoms with E-state index >= 15 is 0 Å². The maximum absolute atomic E-state index is 13.2. The van der Waals surface area contributed by atoms with Gasteiger partial charge in [0, 0.05) is 12.4 Å². The molecule has 0 radical (unpaired) electrons. The third-order valence-corrected chi connectivity index (χ3v) is 5.47. The van der Waals surface area contributed by atoms with E-state index in [1.165, 1.54) is 52.8 Å². The van der Waals surface area contributed by atoms with E-state index in [1.54, 1.807) is 24.5 Å². The molecule has 7 heteroatoms. The average Bonchev–Trinajstić information content (AvgIpc) is 2.63. The molecule has 0 aliphatic carbocycles. The van der Waals surface area contributed by atoms with Gasteiger partial charge in [0.05, 0.1) is 18.0 Å². The largest absolute Gasteiger partial charge is 0.265 e. The molecule has 1 aromatic heterocycles. The Morgan fingerprint density at radius 2 is 1.46 bits per heavy atom. The standard InChI is InChI=1S/C19H16F2N2O2S/c20-17-5-3-15(4-6-17)14-26(24,25)23(13-16-2-1-11-22-12-16)19-9-7-18(21)8-10-19/h1-12H,13-14H2. The van der Waals surface area contributed by atoms with Gasteiger partial charge in [0.2, 0.25) is 10.0 Å². The number of sulfonamides is 1. The quantitative estimate of drug-likeness (QED) is 0.658. The van der Waals surface area contributed by atoms with Gasteiger partial charge < -0.3 is 0 Å². The number of hydrogen-bond acceptors (Lipinski definition) is 3. The summed E-state index contributed by atoms with van der Waals surface area (Å²) in [6.07, 6.45) is 3.17. The summed E-state index contributed by atoms with van der Waals surface area (Å²) in [5.74, 6) is -1.19. The van der Waals surface area contributed by atoms with Gasteiger partial charge in [-0.15, -0.1) is 0 Å². The molecule has 0 atom stereocenters. The maximum Gasteiger partial charge on any atom is 0.239 e. The van der Waals surface area contributed by atoms with Gasteiger partial charge in [0.25, 0.3) is 0 Å². The topological polar surface area (TPSA) is 50.3 Å². The van der Waals surface area contributed by atoms with Crippen LogP contribution in [0.5, 0.6) is 0 Å². The molecule has 26 heavy (non-hydrogen) atoms. The Labute approximate surface area is 150 Å². The second-order valence-corrected chi connectivity index (χ2v) is 7.62.